The van der Waals surface area contributed by atoms with Crippen LogP contribution >= 0.6 is 0 Å². The lowest BCUT2D eigenvalue weighted by atomic mass is 10.0. The Morgan fingerprint density at radius 3 is 1.92 bits per heavy atom. The normalized spacial score (nSPS) is 12.0. The van der Waals surface area contributed by atoms with E-state index in [2.05, 4.69) is 155 Å². The van der Waals surface area contributed by atoms with Crippen LogP contribution in [0.5, 0.6) is 0 Å². The molecule has 0 radical (unpaired) electrons. The van der Waals surface area contributed by atoms with Crippen LogP contribution in [0.4, 0.5) is 17.1 Å². The quantitative estimate of drug-likeness (QED) is 0.192. The monoisotopic (exact) mass is 640 g/mol. The van der Waals surface area contributed by atoms with Crippen LogP contribution in [0.2, 0.25) is 0 Å². The molecule has 4 nitrogen and oxygen atoms in total. The highest BCUT2D eigenvalue weighted by atomic mass is 16.3. The summed E-state index contributed by atoms with van der Waals surface area (Å²) in [5, 5.41) is 9.19. The predicted molar refractivity (Wildman–Crippen MR) is 208 cm³/mol. The van der Waals surface area contributed by atoms with E-state index in [1.54, 1.807) is 0 Å². The molecule has 0 bridgehead atoms. The fraction of sp³-hybridized carbons (Fsp3) is 0. The molecule has 0 atom stereocenters. The zero-order valence-electron chi connectivity index (χ0n) is 26.9. The van der Waals surface area contributed by atoms with Crippen LogP contribution in [0.25, 0.3) is 82.1 Å². The Morgan fingerprint density at radius 1 is 0.400 bits per heavy atom. The predicted octanol–water partition coefficient (Wildman–Crippen LogP) is 13.2. The highest BCUT2D eigenvalue weighted by Crippen LogP contribution is 2.46. The van der Waals surface area contributed by atoms with Gasteiger partial charge in [0.1, 0.15) is 22.3 Å². The van der Waals surface area contributed by atoms with Crippen molar-refractivity contribution in [3.63, 3.8) is 0 Å². The lowest BCUT2D eigenvalue weighted by molar-refractivity contribution is 0.668. The third-order valence-corrected chi connectivity index (χ3v) is 10.2. The van der Waals surface area contributed by atoms with E-state index in [1.807, 2.05) is 24.3 Å². The summed E-state index contributed by atoms with van der Waals surface area (Å²) in [5.41, 5.74) is 10.1. The van der Waals surface area contributed by atoms with Crippen molar-refractivity contribution < 1.29 is 8.83 Å². The van der Waals surface area contributed by atoms with Gasteiger partial charge in [0.05, 0.1) is 16.7 Å². The van der Waals surface area contributed by atoms with E-state index in [0.717, 1.165) is 82.9 Å². The molecule has 0 spiro atoms. The van der Waals surface area contributed by atoms with Crippen LogP contribution in [0.1, 0.15) is 0 Å². The first-order valence-corrected chi connectivity index (χ1v) is 16.9. The van der Waals surface area contributed by atoms with Gasteiger partial charge in [-0.25, -0.2) is 0 Å². The Kier molecular flexibility index (Phi) is 5.63. The maximum atomic E-state index is 6.46. The van der Waals surface area contributed by atoms with Crippen molar-refractivity contribution in [1.29, 1.82) is 0 Å². The van der Waals surface area contributed by atoms with Crippen LogP contribution in [0.15, 0.2) is 179 Å². The summed E-state index contributed by atoms with van der Waals surface area (Å²) >= 11 is 0. The van der Waals surface area contributed by atoms with Crippen LogP contribution in [-0.2, 0) is 0 Å². The zero-order valence-corrected chi connectivity index (χ0v) is 26.9. The van der Waals surface area contributed by atoms with Crippen molar-refractivity contribution in [2.45, 2.75) is 0 Å². The molecule has 11 rings (SSSR count). The van der Waals surface area contributed by atoms with E-state index in [4.69, 9.17) is 8.83 Å². The van der Waals surface area contributed by atoms with E-state index in [0.29, 0.717) is 0 Å². The van der Waals surface area contributed by atoms with Crippen LogP contribution in [0.3, 0.4) is 0 Å². The molecule has 0 unspecified atom stereocenters. The third-order valence-electron chi connectivity index (χ3n) is 10.2. The Balaban J connectivity index is 1.26. The van der Waals surface area contributed by atoms with Crippen LogP contribution < -0.4 is 4.90 Å². The van der Waals surface area contributed by atoms with E-state index in [-0.39, 0.29) is 0 Å². The van der Waals surface area contributed by atoms with Crippen molar-refractivity contribution in [3.05, 3.63) is 170 Å². The standard InChI is InChI=1S/C46H28N2O2/c1-2-11-30(12-3-1)48-39-17-7-4-13-33(39)36-16-10-18-40(46(36)48)47(32-24-25-35-34-14-5-8-19-41(34)50-44(35)28-32)31-23-21-29-22-26-43-45(38(29)27-31)37-15-6-9-20-42(37)49-43/h1-28H. The molecule has 0 aliphatic rings. The zero-order chi connectivity index (χ0) is 32.8. The minimum absolute atomic E-state index is 0.855. The number of aromatic nitrogens is 1. The number of furan rings is 2. The maximum absolute atomic E-state index is 6.46. The summed E-state index contributed by atoms with van der Waals surface area (Å²) in [7, 11) is 0. The molecule has 0 aliphatic heterocycles. The number of hydrogen-bond acceptors (Lipinski definition) is 3. The van der Waals surface area contributed by atoms with E-state index in [1.165, 1.54) is 16.3 Å². The molecule has 4 heteroatoms. The van der Waals surface area contributed by atoms with E-state index in [9.17, 15) is 0 Å². The summed E-state index contributed by atoms with van der Waals surface area (Å²) in [6.45, 7) is 0. The summed E-state index contributed by atoms with van der Waals surface area (Å²) in [5.74, 6) is 0. The van der Waals surface area contributed by atoms with Crippen LogP contribution in [0, 0.1) is 0 Å². The Hall–Kier alpha value is -6.78. The SMILES string of the molecule is c1ccc(-n2c3ccccc3c3cccc(N(c4ccc5c(c4)oc4ccccc45)c4ccc5ccc6oc7ccccc7c6c5c4)c32)cc1. The minimum atomic E-state index is 0.855. The average molecular weight is 641 g/mol. The highest BCUT2D eigenvalue weighted by Gasteiger charge is 2.23. The van der Waals surface area contributed by atoms with Crippen molar-refractivity contribution in [2.75, 3.05) is 4.90 Å². The van der Waals surface area contributed by atoms with Gasteiger partial charge in [-0.2, -0.15) is 0 Å². The summed E-state index contributed by atoms with van der Waals surface area (Å²) in [6, 6.07) is 60.2. The molecule has 0 saturated carbocycles. The van der Waals surface area contributed by atoms with Gasteiger partial charge in [0.25, 0.3) is 0 Å². The molecule has 234 valence electrons. The van der Waals surface area contributed by atoms with Crippen LogP contribution in [-0.4, -0.2) is 4.57 Å². The van der Waals surface area contributed by atoms with Gasteiger partial charge in [-0.3, -0.25) is 0 Å². The molecule has 3 aromatic heterocycles. The first-order valence-electron chi connectivity index (χ1n) is 16.9. The van der Waals surface area contributed by atoms with Gasteiger partial charge in [-0.1, -0.05) is 97.1 Å². The highest BCUT2D eigenvalue weighted by molar-refractivity contribution is 6.20. The van der Waals surface area contributed by atoms with Gasteiger partial charge in [-0.15, -0.1) is 0 Å². The summed E-state index contributed by atoms with van der Waals surface area (Å²) in [6.07, 6.45) is 0. The maximum Gasteiger partial charge on any atom is 0.137 e. The second-order valence-electron chi connectivity index (χ2n) is 12.9. The number of hydrogen-bond donors (Lipinski definition) is 0. The number of rotatable bonds is 4. The van der Waals surface area contributed by atoms with E-state index < -0.39 is 0 Å². The van der Waals surface area contributed by atoms with Gasteiger partial charge in [-0.05, 0) is 77.5 Å². The Labute approximate surface area is 286 Å². The van der Waals surface area contributed by atoms with Gasteiger partial charge in [0.2, 0.25) is 0 Å². The van der Waals surface area contributed by atoms with Crippen molar-refractivity contribution >= 4 is 93.5 Å². The van der Waals surface area contributed by atoms with E-state index >= 15 is 0 Å². The first kappa shape index (κ1) is 27.2. The molecule has 0 saturated heterocycles. The number of benzene rings is 8. The number of fused-ring (bicyclic) bond motifs is 11. The first-order chi connectivity index (χ1) is 24.8. The van der Waals surface area contributed by atoms with Gasteiger partial charge in [0, 0.05) is 55.4 Å². The molecule has 3 heterocycles. The average Bonchev–Trinajstić information content (AvgIpc) is 3.85. The molecule has 8 aromatic carbocycles. The molecule has 0 N–H and O–H groups in total. The number of nitrogens with zero attached hydrogens (tertiary/aromatic N) is 2. The molecule has 50 heavy (non-hydrogen) atoms. The van der Waals surface area contributed by atoms with Crippen molar-refractivity contribution in [2.24, 2.45) is 0 Å². The number of anilines is 3. The topological polar surface area (TPSA) is 34.5 Å². The largest absolute Gasteiger partial charge is 0.456 e. The third kappa shape index (κ3) is 3.87. The van der Waals surface area contributed by atoms with Gasteiger partial charge < -0.3 is 18.3 Å². The van der Waals surface area contributed by atoms with Crippen molar-refractivity contribution in [1.82, 2.24) is 4.57 Å². The lowest BCUT2D eigenvalue weighted by Gasteiger charge is -2.27. The molecule has 0 aliphatic carbocycles. The van der Waals surface area contributed by atoms with Gasteiger partial charge in [0.15, 0.2) is 0 Å². The summed E-state index contributed by atoms with van der Waals surface area (Å²) < 4.78 is 15.2. The fourth-order valence-electron chi connectivity index (χ4n) is 7.98. The molecular formula is C46H28N2O2. The number of para-hydroxylation sites is 5. The summed E-state index contributed by atoms with van der Waals surface area (Å²) in [4.78, 5) is 2.38. The molecule has 11 aromatic rings. The smallest absolute Gasteiger partial charge is 0.137 e. The Morgan fingerprint density at radius 2 is 1.04 bits per heavy atom. The molecule has 0 fully saturated rings. The fourth-order valence-corrected chi connectivity index (χ4v) is 7.98. The lowest BCUT2D eigenvalue weighted by Crippen LogP contribution is -2.11. The van der Waals surface area contributed by atoms with Crippen molar-refractivity contribution in [3.8, 4) is 5.69 Å². The Bertz CT molecular complexity index is 3110. The molecule has 0 amide bonds. The second-order valence-corrected chi connectivity index (χ2v) is 12.9. The van der Waals surface area contributed by atoms with Gasteiger partial charge >= 0.3 is 0 Å². The second kappa shape index (κ2) is 10.4. The minimum Gasteiger partial charge on any atom is -0.456 e. The molecular weight excluding hydrogens is 613 g/mol.